The van der Waals surface area contributed by atoms with Crippen molar-refractivity contribution in [1.29, 1.82) is 0 Å². The fraction of sp³-hybridized carbons (Fsp3) is 0.588. The first-order chi connectivity index (χ1) is 11.5. The highest BCUT2D eigenvalue weighted by atomic mass is 16.3. The smallest absolute Gasteiger partial charge is 0.320 e. The molecule has 8 nitrogen and oxygen atoms in total. The van der Waals surface area contributed by atoms with Gasteiger partial charge in [-0.3, -0.25) is 14.7 Å². The van der Waals surface area contributed by atoms with E-state index in [1.165, 1.54) is 0 Å². The number of rotatable bonds is 5. The molecular formula is C17H28N6O2. The fourth-order valence-electron chi connectivity index (χ4n) is 2.49. The van der Waals surface area contributed by atoms with Gasteiger partial charge in [0.2, 0.25) is 0 Å². The summed E-state index contributed by atoms with van der Waals surface area (Å²) in [5.41, 5.74) is 0.488. The Morgan fingerprint density at radius 3 is 2.52 bits per heavy atom. The van der Waals surface area contributed by atoms with E-state index in [1.54, 1.807) is 42.8 Å². The van der Waals surface area contributed by atoms with Crippen LogP contribution < -0.4 is 10.6 Å². The van der Waals surface area contributed by atoms with E-state index in [-0.39, 0.29) is 12.0 Å². The predicted octanol–water partition coefficient (Wildman–Crippen LogP) is 1.77. The molecule has 0 radical (unpaired) electrons. The van der Waals surface area contributed by atoms with Crippen LogP contribution in [0.2, 0.25) is 0 Å². The summed E-state index contributed by atoms with van der Waals surface area (Å²) in [6.45, 7) is 8.12. The molecule has 0 aliphatic carbocycles. The van der Waals surface area contributed by atoms with E-state index in [2.05, 4.69) is 41.6 Å². The van der Waals surface area contributed by atoms with Crippen molar-refractivity contribution in [2.75, 3.05) is 11.9 Å². The Hall–Kier alpha value is -2.35. The molecule has 1 atom stereocenters. The number of nitrogens with zero attached hydrogens (tertiary/aromatic N) is 4. The molecule has 0 saturated heterocycles. The summed E-state index contributed by atoms with van der Waals surface area (Å²) in [4.78, 5) is 12.1. The molecule has 2 amide bonds. The number of aryl methyl sites for hydroxylation is 2. The zero-order valence-corrected chi connectivity index (χ0v) is 15.8. The molecular weight excluding hydrogens is 320 g/mol. The quantitative estimate of drug-likeness (QED) is 0.767. The van der Waals surface area contributed by atoms with E-state index < -0.39 is 11.6 Å². The number of aromatic nitrogens is 4. The molecule has 2 rings (SSSR count). The average Bonchev–Trinajstić information content (AvgIpc) is 3.02. The van der Waals surface area contributed by atoms with Gasteiger partial charge in [0.25, 0.3) is 0 Å². The van der Waals surface area contributed by atoms with Crippen molar-refractivity contribution in [2.24, 2.45) is 19.5 Å². The Morgan fingerprint density at radius 1 is 1.28 bits per heavy atom. The SMILES string of the molecule is Cn1cc([C@@](C)(O)CNC(=O)Nc2cc(CC(C)(C)C)nn2C)cn1. The lowest BCUT2D eigenvalue weighted by molar-refractivity contribution is 0.0599. The topological polar surface area (TPSA) is 97.0 Å². The summed E-state index contributed by atoms with van der Waals surface area (Å²) in [5.74, 6) is 0.609. The van der Waals surface area contributed by atoms with Gasteiger partial charge in [0.15, 0.2) is 0 Å². The number of hydrogen-bond donors (Lipinski definition) is 3. The van der Waals surface area contributed by atoms with Gasteiger partial charge in [0.1, 0.15) is 11.4 Å². The first-order valence-electron chi connectivity index (χ1n) is 8.25. The lowest BCUT2D eigenvalue weighted by Gasteiger charge is -2.22. The van der Waals surface area contributed by atoms with Gasteiger partial charge in [-0.25, -0.2) is 4.79 Å². The Kier molecular flexibility index (Phi) is 5.22. The van der Waals surface area contributed by atoms with Crippen LogP contribution >= 0.6 is 0 Å². The lowest BCUT2D eigenvalue weighted by Crippen LogP contribution is -2.40. The van der Waals surface area contributed by atoms with Gasteiger partial charge in [-0.15, -0.1) is 0 Å². The van der Waals surface area contributed by atoms with E-state index in [1.807, 2.05) is 6.07 Å². The van der Waals surface area contributed by atoms with Crippen molar-refractivity contribution >= 4 is 11.8 Å². The largest absolute Gasteiger partial charge is 0.383 e. The van der Waals surface area contributed by atoms with Gasteiger partial charge in [-0.1, -0.05) is 20.8 Å². The fourth-order valence-corrected chi connectivity index (χ4v) is 2.49. The number of urea groups is 1. The Labute approximate surface area is 148 Å². The molecule has 0 aliphatic heterocycles. The Balaban J connectivity index is 1.94. The first-order valence-corrected chi connectivity index (χ1v) is 8.25. The summed E-state index contributed by atoms with van der Waals surface area (Å²) in [7, 11) is 3.56. The molecule has 3 N–H and O–H groups in total. The number of nitrogens with one attached hydrogen (secondary N) is 2. The van der Waals surface area contributed by atoms with Crippen LogP contribution in [0, 0.1) is 5.41 Å². The molecule has 0 saturated carbocycles. The molecule has 0 spiro atoms. The molecule has 25 heavy (non-hydrogen) atoms. The highest BCUT2D eigenvalue weighted by Gasteiger charge is 2.25. The normalized spacial score (nSPS) is 14.2. The number of aliphatic hydroxyl groups is 1. The first kappa shape index (κ1) is 19.0. The van der Waals surface area contributed by atoms with Crippen molar-refractivity contribution in [3.8, 4) is 0 Å². The summed E-state index contributed by atoms with van der Waals surface area (Å²) in [6, 6.07) is 1.47. The molecule has 0 fully saturated rings. The van der Waals surface area contributed by atoms with Gasteiger partial charge >= 0.3 is 6.03 Å². The van der Waals surface area contributed by atoms with Crippen LogP contribution in [-0.2, 0) is 26.1 Å². The van der Waals surface area contributed by atoms with Gasteiger partial charge in [-0.05, 0) is 18.8 Å². The Bertz CT molecular complexity index is 739. The maximum Gasteiger partial charge on any atom is 0.320 e. The zero-order chi connectivity index (χ0) is 18.8. The number of anilines is 1. The van der Waals surface area contributed by atoms with Gasteiger partial charge in [0, 0.05) is 31.9 Å². The predicted molar refractivity (Wildman–Crippen MR) is 96.2 cm³/mol. The van der Waals surface area contributed by atoms with Crippen LogP contribution in [0.3, 0.4) is 0 Å². The van der Waals surface area contributed by atoms with Crippen molar-refractivity contribution < 1.29 is 9.90 Å². The summed E-state index contributed by atoms with van der Waals surface area (Å²) < 4.78 is 3.25. The van der Waals surface area contributed by atoms with Gasteiger partial charge < -0.3 is 10.4 Å². The standard InChI is InChI=1S/C17H28N6O2/c1-16(2,3)8-13-7-14(23(6)21-13)20-15(24)18-11-17(4,25)12-9-19-22(5)10-12/h7,9-10,25H,8,11H2,1-6H3,(H2,18,20,24)/t17-/m0/s1. The Morgan fingerprint density at radius 2 is 1.96 bits per heavy atom. The third-order valence-corrected chi connectivity index (χ3v) is 3.80. The van der Waals surface area contributed by atoms with E-state index in [4.69, 9.17) is 0 Å². The van der Waals surface area contributed by atoms with Gasteiger partial charge in [-0.2, -0.15) is 10.2 Å². The third kappa shape index (κ3) is 5.32. The minimum atomic E-state index is -1.20. The van der Waals surface area contributed by atoms with E-state index >= 15 is 0 Å². The van der Waals surface area contributed by atoms with E-state index in [9.17, 15) is 9.90 Å². The van der Waals surface area contributed by atoms with Crippen LogP contribution in [0.1, 0.15) is 39.0 Å². The van der Waals surface area contributed by atoms with Crippen LogP contribution in [-0.4, -0.2) is 37.2 Å². The molecule has 2 aromatic heterocycles. The minimum absolute atomic E-state index is 0.0667. The molecule has 0 aromatic carbocycles. The number of carbonyl (C=O) groups is 1. The second-order valence-electron chi connectivity index (χ2n) is 7.87. The molecule has 0 unspecified atom stereocenters. The van der Waals surface area contributed by atoms with Crippen LogP contribution in [0.4, 0.5) is 10.6 Å². The minimum Gasteiger partial charge on any atom is -0.383 e. The summed E-state index contributed by atoms with van der Waals surface area (Å²) in [5, 5.41) is 24.4. The van der Waals surface area contributed by atoms with Crippen molar-refractivity contribution in [3.05, 3.63) is 29.7 Å². The van der Waals surface area contributed by atoms with Crippen molar-refractivity contribution in [2.45, 2.75) is 39.7 Å². The highest BCUT2D eigenvalue weighted by Crippen LogP contribution is 2.22. The van der Waals surface area contributed by atoms with Crippen LogP contribution in [0.5, 0.6) is 0 Å². The summed E-state index contributed by atoms with van der Waals surface area (Å²) >= 11 is 0. The second kappa shape index (κ2) is 6.87. The number of amides is 2. The molecule has 138 valence electrons. The van der Waals surface area contributed by atoms with E-state index in [0.29, 0.717) is 11.4 Å². The number of hydrogen-bond acceptors (Lipinski definition) is 4. The summed E-state index contributed by atoms with van der Waals surface area (Å²) in [6.07, 6.45) is 4.12. The van der Waals surface area contributed by atoms with Crippen molar-refractivity contribution in [1.82, 2.24) is 24.9 Å². The molecule has 2 heterocycles. The van der Waals surface area contributed by atoms with E-state index in [0.717, 1.165) is 12.1 Å². The zero-order valence-electron chi connectivity index (χ0n) is 15.8. The maximum absolute atomic E-state index is 12.1. The highest BCUT2D eigenvalue weighted by molar-refractivity contribution is 5.88. The van der Waals surface area contributed by atoms with Crippen LogP contribution in [0.25, 0.3) is 0 Å². The maximum atomic E-state index is 12.1. The molecule has 2 aromatic rings. The average molecular weight is 348 g/mol. The monoisotopic (exact) mass is 348 g/mol. The lowest BCUT2D eigenvalue weighted by atomic mass is 9.91. The van der Waals surface area contributed by atoms with Crippen LogP contribution in [0.15, 0.2) is 18.5 Å². The third-order valence-electron chi connectivity index (χ3n) is 3.80. The van der Waals surface area contributed by atoms with Gasteiger partial charge in [0.05, 0.1) is 18.4 Å². The molecule has 0 bridgehead atoms. The van der Waals surface area contributed by atoms with Crippen molar-refractivity contribution in [3.63, 3.8) is 0 Å². The second-order valence-corrected chi connectivity index (χ2v) is 7.87. The molecule has 0 aliphatic rings. The molecule has 8 heteroatoms. The number of carbonyl (C=O) groups excluding carboxylic acids is 1.